The van der Waals surface area contributed by atoms with Crippen LogP contribution in [0.15, 0.2) is 59.1 Å². The highest BCUT2D eigenvalue weighted by Gasteiger charge is 2.14. The Morgan fingerprint density at radius 1 is 0.957 bits per heavy atom. The van der Waals surface area contributed by atoms with E-state index in [1.165, 1.54) is 11.1 Å². The Hall–Kier alpha value is -2.61. The fraction of sp³-hybridized carbons (Fsp3) is 0.190. The normalized spacial score (nSPS) is 11.7. The molecule has 0 fully saturated rings. The van der Waals surface area contributed by atoms with E-state index in [0.29, 0.717) is 5.92 Å². The summed E-state index contributed by atoms with van der Waals surface area (Å²) in [5, 5.41) is 2.32. The molecule has 4 aromatic rings. The summed E-state index contributed by atoms with van der Waals surface area (Å²) in [6.45, 7) is 6.52. The van der Waals surface area contributed by atoms with Crippen LogP contribution in [0.1, 0.15) is 30.9 Å². The van der Waals surface area contributed by atoms with Crippen molar-refractivity contribution in [2.24, 2.45) is 0 Å². The van der Waals surface area contributed by atoms with Crippen molar-refractivity contribution in [2.75, 3.05) is 0 Å². The summed E-state index contributed by atoms with van der Waals surface area (Å²) >= 11 is 0. The zero-order valence-corrected chi connectivity index (χ0v) is 13.6. The first-order chi connectivity index (χ1) is 11.1. The maximum absolute atomic E-state index is 6.15. The number of hydrogen-bond donors (Lipinski definition) is 0. The van der Waals surface area contributed by atoms with Crippen LogP contribution in [0.2, 0.25) is 0 Å². The van der Waals surface area contributed by atoms with Crippen LogP contribution in [0.4, 0.5) is 0 Å². The van der Waals surface area contributed by atoms with Crippen LogP contribution in [0, 0.1) is 6.92 Å². The maximum atomic E-state index is 6.15. The summed E-state index contributed by atoms with van der Waals surface area (Å²) in [5.74, 6) is 0.479. The van der Waals surface area contributed by atoms with E-state index in [9.17, 15) is 0 Å². The minimum Gasteiger partial charge on any atom is -0.455 e. The zero-order chi connectivity index (χ0) is 16.0. The average Bonchev–Trinajstić information content (AvgIpc) is 2.93. The molecule has 0 saturated carbocycles. The van der Waals surface area contributed by atoms with Gasteiger partial charge in [0.2, 0.25) is 0 Å². The highest BCUT2D eigenvalue weighted by Crippen LogP contribution is 2.36. The van der Waals surface area contributed by atoms with E-state index in [1.807, 2.05) is 18.3 Å². The van der Waals surface area contributed by atoms with Crippen LogP contribution in [0.5, 0.6) is 0 Å². The van der Waals surface area contributed by atoms with Crippen LogP contribution < -0.4 is 0 Å². The third-order valence-corrected chi connectivity index (χ3v) is 4.35. The molecule has 2 aromatic heterocycles. The molecule has 0 spiro atoms. The van der Waals surface area contributed by atoms with Crippen molar-refractivity contribution in [3.05, 3.63) is 65.9 Å². The number of para-hydroxylation sites is 1. The average molecular weight is 301 g/mol. The number of furan rings is 1. The molecule has 0 aliphatic carbocycles. The van der Waals surface area contributed by atoms with Gasteiger partial charge < -0.3 is 4.42 Å². The van der Waals surface area contributed by atoms with Gasteiger partial charge in [0.1, 0.15) is 11.2 Å². The van der Waals surface area contributed by atoms with E-state index in [0.717, 1.165) is 33.2 Å². The van der Waals surface area contributed by atoms with E-state index in [1.54, 1.807) is 0 Å². The molecule has 0 amide bonds. The van der Waals surface area contributed by atoms with Crippen molar-refractivity contribution < 1.29 is 4.42 Å². The number of hydrogen-bond acceptors (Lipinski definition) is 2. The summed E-state index contributed by atoms with van der Waals surface area (Å²) in [7, 11) is 0. The Morgan fingerprint density at radius 2 is 1.78 bits per heavy atom. The second-order valence-electron chi connectivity index (χ2n) is 6.42. The van der Waals surface area contributed by atoms with Gasteiger partial charge in [0.05, 0.1) is 5.69 Å². The Bertz CT molecular complexity index is 1010. The Labute approximate surface area is 135 Å². The summed E-state index contributed by atoms with van der Waals surface area (Å²) in [4.78, 5) is 4.59. The van der Waals surface area contributed by atoms with Crippen molar-refractivity contribution in [3.8, 4) is 11.3 Å². The first-order valence-corrected chi connectivity index (χ1v) is 8.01. The Balaban J connectivity index is 2.05. The van der Waals surface area contributed by atoms with Crippen molar-refractivity contribution in [2.45, 2.75) is 26.7 Å². The van der Waals surface area contributed by atoms with E-state index < -0.39 is 0 Å². The predicted molar refractivity (Wildman–Crippen MR) is 95.8 cm³/mol. The van der Waals surface area contributed by atoms with Crippen molar-refractivity contribution in [1.29, 1.82) is 0 Å². The molecule has 114 valence electrons. The molecule has 2 heteroatoms. The Kier molecular flexibility index (Phi) is 3.19. The smallest absolute Gasteiger partial charge is 0.144 e. The standard InChI is InChI=1S/C21H19NO/c1-13(2)15-8-9-22-19(12-15)18-11-14(3)10-17-16-6-4-5-7-20(16)23-21(17)18/h4-13H,1-3H3. The second-order valence-corrected chi connectivity index (χ2v) is 6.42. The lowest BCUT2D eigenvalue weighted by molar-refractivity contribution is 0.669. The van der Waals surface area contributed by atoms with Gasteiger partial charge in [-0.15, -0.1) is 0 Å². The quantitative estimate of drug-likeness (QED) is 0.448. The maximum Gasteiger partial charge on any atom is 0.144 e. The molecular weight excluding hydrogens is 282 g/mol. The van der Waals surface area contributed by atoms with Gasteiger partial charge in [0, 0.05) is 22.5 Å². The number of benzene rings is 2. The first-order valence-electron chi connectivity index (χ1n) is 8.01. The first kappa shape index (κ1) is 14.0. The lowest BCUT2D eigenvalue weighted by Gasteiger charge is -2.08. The minimum atomic E-state index is 0.479. The molecule has 0 N–H and O–H groups in total. The molecule has 23 heavy (non-hydrogen) atoms. The molecule has 0 bridgehead atoms. The van der Waals surface area contributed by atoms with Gasteiger partial charge >= 0.3 is 0 Å². The van der Waals surface area contributed by atoms with E-state index in [-0.39, 0.29) is 0 Å². The van der Waals surface area contributed by atoms with Crippen LogP contribution in [0.3, 0.4) is 0 Å². The number of aromatic nitrogens is 1. The third-order valence-electron chi connectivity index (χ3n) is 4.35. The van der Waals surface area contributed by atoms with Crippen LogP contribution in [-0.2, 0) is 0 Å². The van der Waals surface area contributed by atoms with Crippen molar-refractivity contribution in [3.63, 3.8) is 0 Å². The van der Waals surface area contributed by atoms with Crippen molar-refractivity contribution >= 4 is 21.9 Å². The number of rotatable bonds is 2. The summed E-state index contributed by atoms with van der Waals surface area (Å²) < 4.78 is 6.15. The largest absolute Gasteiger partial charge is 0.455 e. The second kappa shape index (κ2) is 5.24. The fourth-order valence-corrected chi connectivity index (χ4v) is 3.11. The molecule has 2 aromatic carbocycles. The van der Waals surface area contributed by atoms with Gasteiger partial charge in [-0.3, -0.25) is 4.98 Å². The summed E-state index contributed by atoms with van der Waals surface area (Å²) in [6, 6.07) is 16.8. The number of aryl methyl sites for hydroxylation is 1. The third kappa shape index (κ3) is 2.31. The highest BCUT2D eigenvalue weighted by molar-refractivity contribution is 6.09. The van der Waals surface area contributed by atoms with E-state index in [2.05, 4.69) is 62.2 Å². The predicted octanol–water partition coefficient (Wildman–Crippen LogP) is 6.08. The minimum absolute atomic E-state index is 0.479. The molecular formula is C21H19NO. The number of nitrogens with zero attached hydrogens (tertiary/aromatic N) is 1. The Morgan fingerprint density at radius 3 is 2.61 bits per heavy atom. The van der Waals surface area contributed by atoms with Crippen LogP contribution in [-0.4, -0.2) is 4.98 Å². The van der Waals surface area contributed by atoms with Gasteiger partial charge in [-0.2, -0.15) is 0 Å². The molecule has 0 unspecified atom stereocenters. The molecule has 4 rings (SSSR count). The fourth-order valence-electron chi connectivity index (χ4n) is 3.11. The van der Waals surface area contributed by atoms with Gasteiger partial charge in [-0.1, -0.05) is 32.0 Å². The topological polar surface area (TPSA) is 26.0 Å². The van der Waals surface area contributed by atoms with Gasteiger partial charge in [0.15, 0.2) is 0 Å². The highest BCUT2D eigenvalue weighted by atomic mass is 16.3. The lowest BCUT2D eigenvalue weighted by atomic mass is 9.99. The SMILES string of the molecule is Cc1cc(-c2cc(C(C)C)ccn2)c2oc3ccccc3c2c1. The molecule has 2 nitrogen and oxygen atoms in total. The van der Waals surface area contributed by atoms with E-state index >= 15 is 0 Å². The summed E-state index contributed by atoms with van der Waals surface area (Å²) in [6.07, 6.45) is 1.89. The lowest BCUT2D eigenvalue weighted by Crippen LogP contribution is -1.91. The van der Waals surface area contributed by atoms with E-state index in [4.69, 9.17) is 4.42 Å². The molecule has 0 aliphatic heterocycles. The van der Waals surface area contributed by atoms with Crippen LogP contribution in [0.25, 0.3) is 33.2 Å². The van der Waals surface area contributed by atoms with Gasteiger partial charge in [-0.25, -0.2) is 0 Å². The number of pyridine rings is 1. The molecule has 0 saturated heterocycles. The zero-order valence-electron chi connectivity index (χ0n) is 13.6. The number of fused-ring (bicyclic) bond motifs is 3. The van der Waals surface area contributed by atoms with Crippen LogP contribution >= 0.6 is 0 Å². The summed E-state index contributed by atoms with van der Waals surface area (Å²) in [5.41, 5.74) is 6.40. The van der Waals surface area contributed by atoms with Gasteiger partial charge in [0.25, 0.3) is 0 Å². The van der Waals surface area contributed by atoms with Crippen molar-refractivity contribution in [1.82, 2.24) is 4.98 Å². The van der Waals surface area contributed by atoms with Gasteiger partial charge in [-0.05, 0) is 54.3 Å². The monoisotopic (exact) mass is 301 g/mol. The molecule has 0 radical (unpaired) electrons. The molecule has 2 heterocycles. The molecule has 0 atom stereocenters. The molecule has 0 aliphatic rings.